The molecule has 0 atom stereocenters. The fourth-order valence-corrected chi connectivity index (χ4v) is 0.204. The summed E-state index contributed by atoms with van der Waals surface area (Å²) in [6.45, 7) is 2.40. The molecule has 0 aliphatic carbocycles. The second kappa shape index (κ2) is 7.21. The Bertz CT molecular complexity index is 151. The number of hydrogen-bond acceptors (Lipinski definition) is 3. The number of carboxylic acids is 1. The molecule has 0 fully saturated rings. The van der Waals surface area contributed by atoms with Gasteiger partial charge in [0.1, 0.15) is 5.97 Å². The SMILES string of the molecule is O.[2H]C(C)(C)C(=O)C(=O)[O-].[Na+]. The van der Waals surface area contributed by atoms with E-state index in [1.165, 1.54) is 13.8 Å². The van der Waals surface area contributed by atoms with Crippen LogP contribution in [0.5, 0.6) is 0 Å². The number of hydrogen-bond donors (Lipinski definition) is 0. The van der Waals surface area contributed by atoms with Crippen LogP contribution in [0.15, 0.2) is 0 Å². The smallest absolute Gasteiger partial charge is 0.542 e. The molecule has 5 heteroatoms. The Kier molecular flexibility index (Phi) is 9.19. The van der Waals surface area contributed by atoms with Crippen molar-refractivity contribution in [1.82, 2.24) is 0 Å². The van der Waals surface area contributed by atoms with E-state index in [4.69, 9.17) is 1.37 Å². The van der Waals surface area contributed by atoms with E-state index in [2.05, 4.69) is 0 Å². The maximum atomic E-state index is 10.3. The molecule has 0 saturated heterocycles. The third kappa shape index (κ3) is 6.22. The van der Waals surface area contributed by atoms with Crippen LogP contribution in [0.1, 0.15) is 15.2 Å². The largest absolute Gasteiger partial charge is 1.00 e. The van der Waals surface area contributed by atoms with E-state index in [0.29, 0.717) is 0 Å². The third-order valence-electron chi connectivity index (χ3n) is 0.640. The van der Waals surface area contributed by atoms with Crippen molar-refractivity contribution >= 4 is 11.8 Å². The maximum Gasteiger partial charge on any atom is 1.00 e. The minimum atomic E-state index is -1.80. The van der Waals surface area contributed by atoms with Crippen LogP contribution in [0, 0.1) is 5.89 Å². The molecule has 0 bridgehead atoms. The molecule has 0 saturated carbocycles. The molecule has 54 valence electrons. The van der Waals surface area contributed by atoms with Crippen LogP contribution in [0.25, 0.3) is 0 Å². The van der Waals surface area contributed by atoms with Crippen LogP contribution in [-0.2, 0) is 9.59 Å². The van der Waals surface area contributed by atoms with Crippen molar-refractivity contribution in [3.05, 3.63) is 0 Å². The Morgan fingerprint density at radius 3 is 1.80 bits per heavy atom. The molecule has 0 aromatic carbocycles. The number of carbonyl (C=O) groups is 2. The van der Waals surface area contributed by atoms with E-state index in [0.717, 1.165) is 0 Å². The van der Waals surface area contributed by atoms with Gasteiger partial charge < -0.3 is 15.4 Å². The van der Waals surface area contributed by atoms with Gasteiger partial charge in [0.15, 0.2) is 5.78 Å². The van der Waals surface area contributed by atoms with Crippen molar-refractivity contribution < 1.29 is 51.1 Å². The van der Waals surface area contributed by atoms with E-state index in [1.807, 2.05) is 0 Å². The number of carboxylic acid groups (broad SMARTS) is 1. The first-order chi connectivity index (χ1) is 3.85. The van der Waals surface area contributed by atoms with Gasteiger partial charge in [0.25, 0.3) is 0 Å². The minimum Gasteiger partial charge on any atom is -0.542 e. The Balaban J connectivity index is -0.000000320. The Hall–Kier alpha value is 0.100. The van der Waals surface area contributed by atoms with Gasteiger partial charge in [-0.05, 0) is 0 Å². The summed E-state index contributed by atoms with van der Waals surface area (Å²) >= 11 is 0. The molecule has 0 rings (SSSR count). The number of Topliss-reactive ketones (excluding diaryl/α,β-unsaturated/α-hetero) is 1. The van der Waals surface area contributed by atoms with Crippen LogP contribution in [0.2, 0.25) is 0 Å². The van der Waals surface area contributed by atoms with Crippen molar-refractivity contribution in [3.8, 4) is 0 Å². The molecule has 0 amide bonds. The van der Waals surface area contributed by atoms with Crippen LogP contribution >= 0.6 is 0 Å². The van der Waals surface area contributed by atoms with Crippen molar-refractivity contribution in [2.45, 2.75) is 13.8 Å². The Labute approximate surface area is 82.6 Å². The van der Waals surface area contributed by atoms with Crippen molar-refractivity contribution in [2.75, 3.05) is 0 Å². The zero-order valence-corrected chi connectivity index (χ0v) is 8.22. The second-order valence-electron chi connectivity index (χ2n) is 1.62. The molecule has 0 heterocycles. The van der Waals surface area contributed by atoms with Gasteiger partial charge in [-0.25, -0.2) is 0 Å². The van der Waals surface area contributed by atoms with Gasteiger partial charge in [-0.15, -0.1) is 0 Å². The molecule has 10 heavy (non-hydrogen) atoms. The Morgan fingerprint density at radius 1 is 1.50 bits per heavy atom. The molecule has 0 unspecified atom stereocenters. The van der Waals surface area contributed by atoms with Crippen LogP contribution in [-0.4, -0.2) is 17.2 Å². The monoisotopic (exact) mass is 157 g/mol. The zero-order chi connectivity index (χ0) is 7.65. The average Bonchev–Trinajstić information content (AvgIpc) is 1.62. The molecule has 0 radical (unpaired) electrons. The predicted octanol–water partition coefficient (Wildman–Crippen LogP) is -4.86. The summed E-state index contributed by atoms with van der Waals surface area (Å²) in [6, 6.07) is 0. The van der Waals surface area contributed by atoms with Gasteiger partial charge >= 0.3 is 29.6 Å². The number of ketones is 1. The Morgan fingerprint density at radius 2 is 1.80 bits per heavy atom. The summed E-state index contributed by atoms with van der Waals surface area (Å²) in [4.78, 5) is 20.1. The molecule has 4 nitrogen and oxygen atoms in total. The molecular weight excluding hydrogens is 147 g/mol. The molecule has 0 aliphatic rings. The van der Waals surface area contributed by atoms with Gasteiger partial charge in [-0.2, -0.15) is 0 Å². The molecule has 0 aromatic heterocycles. The van der Waals surface area contributed by atoms with Crippen molar-refractivity contribution in [2.24, 2.45) is 5.89 Å². The van der Waals surface area contributed by atoms with Gasteiger partial charge in [0, 0.05) is 7.26 Å². The second-order valence-corrected chi connectivity index (χ2v) is 1.62. The standard InChI is InChI=1S/C5H8O3.Na.H2O/c1-3(2)4(6)5(7)8;;/h3H,1-2H3,(H,7,8);;1H2/q;+1;/p-1/i3D;;. The van der Waals surface area contributed by atoms with E-state index in [1.54, 1.807) is 0 Å². The van der Waals surface area contributed by atoms with Gasteiger partial charge in [-0.3, -0.25) is 4.79 Å². The summed E-state index contributed by atoms with van der Waals surface area (Å²) < 4.78 is 6.90. The summed E-state index contributed by atoms with van der Waals surface area (Å²) in [5, 5.41) is 9.77. The summed E-state index contributed by atoms with van der Waals surface area (Å²) in [7, 11) is 0. The third-order valence-corrected chi connectivity index (χ3v) is 0.640. The van der Waals surface area contributed by atoms with E-state index < -0.39 is 17.6 Å². The number of carbonyl (C=O) groups excluding carboxylic acids is 2. The molecular formula is C5H9NaO4. The zero-order valence-electron chi connectivity index (χ0n) is 7.22. The van der Waals surface area contributed by atoms with Gasteiger partial charge in [0.05, 0.1) is 0 Å². The van der Waals surface area contributed by atoms with Crippen LogP contribution in [0.4, 0.5) is 0 Å². The molecule has 2 N–H and O–H groups in total. The van der Waals surface area contributed by atoms with Crippen LogP contribution < -0.4 is 34.7 Å². The molecule has 0 aliphatic heterocycles. The first kappa shape index (κ1) is 12.7. The number of aliphatic carboxylic acids is 1. The van der Waals surface area contributed by atoms with E-state index in [-0.39, 0.29) is 35.0 Å². The van der Waals surface area contributed by atoms with E-state index >= 15 is 0 Å². The minimum absolute atomic E-state index is 0. The van der Waals surface area contributed by atoms with E-state index in [9.17, 15) is 14.7 Å². The van der Waals surface area contributed by atoms with Crippen molar-refractivity contribution in [1.29, 1.82) is 0 Å². The fourth-order valence-electron chi connectivity index (χ4n) is 0.204. The van der Waals surface area contributed by atoms with Crippen molar-refractivity contribution in [3.63, 3.8) is 0 Å². The quantitative estimate of drug-likeness (QED) is 0.297. The topological polar surface area (TPSA) is 88.7 Å². The number of rotatable bonds is 2. The van der Waals surface area contributed by atoms with Crippen LogP contribution in [0.3, 0.4) is 0 Å². The summed E-state index contributed by atoms with van der Waals surface area (Å²) in [5.41, 5.74) is 0. The average molecular weight is 157 g/mol. The molecule has 0 spiro atoms. The first-order valence-electron chi connectivity index (χ1n) is 2.61. The predicted molar refractivity (Wildman–Crippen MR) is 28.5 cm³/mol. The first-order valence-corrected chi connectivity index (χ1v) is 2.11. The fraction of sp³-hybridized carbons (Fsp3) is 0.600. The summed E-state index contributed by atoms with van der Waals surface area (Å²) in [5.74, 6) is -4.56. The maximum absolute atomic E-state index is 10.3. The van der Waals surface area contributed by atoms with Gasteiger partial charge in [-0.1, -0.05) is 13.8 Å². The van der Waals surface area contributed by atoms with Gasteiger partial charge in [0.2, 0.25) is 0 Å². The summed E-state index contributed by atoms with van der Waals surface area (Å²) in [6.07, 6.45) is 0. The molecule has 0 aromatic rings. The normalized spacial score (nSPS) is 10.0.